The number of hydrogen-bond acceptors (Lipinski definition) is 6. The maximum absolute atomic E-state index is 12.9. The van der Waals surface area contributed by atoms with E-state index >= 15 is 0 Å². The van der Waals surface area contributed by atoms with Gasteiger partial charge in [0.25, 0.3) is 5.91 Å². The topological polar surface area (TPSA) is 76.6 Å². The molecule has 1 aromatic carbocycles. The summed E-state index contributed by atoms with van der Waals surface area (Å²) in [6.45, 7) is 10.7. The number of aromatic nitrogens is 2. The molecule has 2 aliphatic heterocycles. The van der Waals surface area contributed by atoms with Crippen molar-refractivity contribution in [2.24, 2.45) is 0 Å². The molecule has 1 spiro atoms. The number of aryl methyl sites for hydroxylation is 4. The highest BCUT2D eigenvalue weighted by atomic mass is 16.7. The number of carbonyl (C=O) groups is 1. The van der Waals surface area contributed by atoms with Crippen LogP contribution < -0.4 is 10.2 Å². The van der Waals surface area contributed by atoms with Gasteiger partial charge in [-0.3, -0.25) is 4.79 Å². The summed E-state index contributed by atoms with van der Waals surface area (Å²) in [5.41, 5.74) is 4.48. The third-order valence-electron chi connectivity index (χ3n) is 5.64. The van der Waals surface area contributed by atoms with Crippen LogP contribution >= 0.6 is 0 Å². The smallest absolute Gasteiger partial charge is 0.274 e. The molecule has 0 bridgehead atoms. The first-order valence-corrected chi connectivity index (χ1v) is 10.1. The third kappa shape index (κ3) is 4.11. The number of ether oxygens (including phenoxy) is 2. The monoisotopic (exact) mass is 396 g/mol. The average Bonchev–Trinajstić information content (AvgIpc) is 3.12. The molecule has 7 heteroatoms. The Balaban J connectivity index is 1.52. The van der Waals surface area contributed by atoms with Crippen molar-refractivity contribution in [2.45, 2.75) is 46.3 Å². The highest BCUT2D eigenvalue weighted by Gasteiger charge is 2.40. The van der Waals surface area contributed by atoms with Crippen LogP contribution in [-0.2, 0) is 9.47 Å². The fraction of sp³-hybridized carbons (Fsp3) is 0.500. The predicted molar refractivity (Wildman–Crippen MR) is 111 cm³/mol. The molecule has 0 aliphatic carbocycles. The predicted octanol–water partition coefficient (Wildman–Crippen LogP) is 3.31. The van der Waals surface area contributed by atoms with Gasteiger partial charge >= 0.3 is 0 Å². The van der Waals surface area contributed by atoms with E-state index in [1.165, 1.54) is 5.56 Å². The normalized spacial score (nSPS) is 18.3. The molecule has 2 aliphatic rings. The number of carbonyl (C=O) groups excluding carboxylic acids is 1. The fourth-order valence-corrected chi connectivity index (χ4v) is 4.25. The summed E-state index contributed by atoms with van der Waals surface area (Å²) in [7, 11) is 0. The van der Waals surface area contributed by atoms with Crippen molar-refractivity contribution in [3.05, 3.63) is 46.4 Å². The quantitative estimate of drug-likeness (QED) is 0.858. The van der Waals surface area contributed by atoms with Crippen molar-refractivity contribution in [3.8, 4) is 0 Å². The van der Waals surface area contributed by atoms with Crippen LogP contribution in [0.1, 0.15) is 45.8 Å². The molecule has 3 heterocycles. The molecular weight excluding hydrogens is 368 g/mol. The van der Waals surface area contributed by atoms with Gasteiger partial charge in [0.15, 0.2) is 5.79 Å². The van der Waals surface area contributed by atoms with Gasteiger partial charge < -0.3 is 19.7 Å². The molecule has 2 saturated heterocycles. The van der Waals surface area contributed by atoms with Crippen LogP contribution in [0.4, 0.5) is 11.5 Å². The third-order valence-corrected chi connectivity index (χ3v) is 5.64. The van der Waals surface area contributed by atoms with Crippen LogP contribution in [0.5, 0.6) is 0 Å². The lowest BCUT2D eigenvalue weighted by atomic mass is 10.0. The van der Waals surface area contributed by atoms with E-state index < -0.39 is 5.79 Å². The SMILES string of the molecule is Cc1cc(C)c(NC(=O)c2cc(N3CCC4(CC3)OCCO4)nc(C)n2)c(C)c1. The summed E-state index contributed by atoms with van der Waals surface area (Å²) in [5, 5.41) is 3.03. The van der Waals surface area contributed by atoms with E-state index in [1.54, 1.807) is 6.07 Å². The first kappa shape index (κ1) is 19.8. The second-order valence-corrected chi connectivity index (χ2v) is 7.98. The molecule has 0 atom stereocenters. The molecule has 0 saturated carbocycles. The van der Waals surface area contributed by atoms with Gasteiger partial charge in [-0.15, -0.1) is 0 Å². The van der Waals surface area contributed by atoms with E-state index in [0.717, 1.165) is 48.6 Å². The summed E-state index contributed by atoms with van der Waals surface area (Å²) in [6, 6.07) is 5.90. The van der Waals surface area contributed by atoms with Gasteiger partial charge in [-0.2, -0.15) is 0 Å². The zero-order chi connectivity index (χ0) is 20.6. The Morgan fingerprint density at radius 3 is 2.24 bits per heavy atom. The number of amides is 1. The second-order valence-electron chi connectivity index (χ2n) is 7.98. The van der Waals surface area contributed by atoms with E-state index in [-0.39, 0.29) is 5.91 Å². The molecule has 1 N–H and O–H groups in total. The number of anilines is 2. The molecule has 0 radical (unpaired) electrons. The fourth-order valence-electron chi connectivity index (χ4n) is 4.25. The zero-order valence-corrected chi connectivity index (χ0v) is 17.5. The van der Waals surface area contributed by atoms with Crippen molar-refractivity contribution in [3.63, 3.8) is 0 Å². The molecule has 4 rings (SSSR count). The lowest BCUT2D eigenvalue weighted by Gasteiger charge is -2.38. The molecule has 1 amide bonds. The second kappa shape index (κ2) is 7.72. The molecule has 7 nitrogen and oxygen atoms in total. The Bertz CT molecular complexity index is 905. The maximum atomic E-state index is 12.9. The maximum Gasteiger partial charge on any atom is 0.274 e. The van der Waals surface area contributed by atoms with Crippen molar-refractivity contribution in [2.75, 3.05) is 36.5 Å². The number of rotatable bonds is 3. The van der Waals surface area contributed by atoms with Crippen molar-refractivity contribution in [1.29, 1.82) is 0 Å². The summed E-state index contributed by atoms with van der Waals surface area (Å²) >= 11 is 0. The van der Waals surface area contributed by atoms with E-state index in [1.807, 2.05) is 20.8 Å². The summed E-state index contributed by atoms with van der Waals surface area (Å²) in [6.07, 6.45) is 1.58. The average molecular weight is 396 g/mol. The largest absolute Gasteiger partial charge is 0.356 e. The van der Waals surface area contributed by atoms with Crippen LogP contribution in [0.3, 0.4) is 0 Å². The van der Waals surface area contributed by atoms with Gasteiger partial charge in [-0.1, -0.05) is 17.7 Å². The number of nitrogens with one attached hydrogen (secondary N) is 1. The number of benzene rings is 1. The van der Waals surface area contributed by atoms with Gasteiger partial charge in [0, 0.05) is 37.7 Å². The van der Waals surface area contributed by atoms with Crippen LogP contribution in [0, 0.1) is 27.7 Å². The number of nitrogens with zero attached hydrogens (tertiary/aromatic N) is 3. The number of hydrogen-bond donors (Lipinski definition) is 1. The van der Waals surface area contributed by atoms with Crippen LogP contribution in [0.25, 0.3) is 0 Å². The Morgan fingerprint density at radius 1 is 1.00 bits per heavy atom. The van der Waals surface area contributed by atoms with Crippen LogP contribution in [-0.4, -0.2) is 48.0 Å². The zero-order valence-electron chi connectivity index (χ0n) is 17.5. The lowest BCUT2D eigenvalue weighted by molar-refractivity contribution is -0.169. The standard InChI is InChI=1S/C22H28N4O3/c1-14-11-15(2)20(16(3)12-14)25-21(27)18-13-19(24-17(4)23-18)26-7-5-22(6-8-26)28-9-10-29-22/h11-13H,5-10H2,1-4H3,(H,25,27). The van der Waals surface area contributed by atoms with Crippen molar-refractivity contribution < 1.29 is 14.3 Å². The molecule has 2 aromatic rings. The van der Waals surface area contributed by atoms with Gasteiger partial charge in [0.1, 0.15) is 17.3 Å². The Hall–Kier alpha value is -2.51. The van der Waals surface area contributed by atoms with E-state index in [0.29, 0.717) is 24.7 Å². The molecule has 0 unspecified atom stereocenters. The van der Waals surface area contributed by atoms with E-state index in [4.69, 9.17) is 9.47 Å². The minimum Gasteiger partial charge on any atom is -0.356 e. The molecule has 154 valence electrons. The minimum absolute atomic E-state index is 0.220. The molecule has 1 aromatic heterocycles. The van der Waals surface area contributed by atoms with Crippen LogP contribution in [0.2, 0.25) is 0 Å². The van der Waals surface area contributed by atoms with Gasteiger partial charge in [-0.05, 0) is 38.8 Å². The minimum atomic E-state index is -0.431. The first-order chi connectivity index (χ1) is 13.8. The highest BCUT2D eigenvalue weighted by molar-refractivity contribution is 6.04. The summed E-state index contributed by atoms with van der Waals surface area (Å²) < 4.78 is 11.6. The Kier molecular flexibility index (Phi) is 5.27. The summed E-state index contributed by atoms with van der Waals surface area (Å²) in [4.78, 5) is 24.0. The van der Waals surface area contributed by atoms with E-state index in [2.05, 4.69) is 39.2 Å². The first-order valence-electron chi connectivity index (χ1n) is 10.1. The van der Waals surface area contributed by atoms with Gasteiger partial charge in [0.05, 0.1) is 13.2 Å². The van der Waals surface area contributed by atoms with Crippen LogP contribution in [0.15, 0.2) is 18.2 Å². The van der Waals surface area contributed by atoms with Gasteiger partial charge in [0.2, 0.25) is 0 Å². The Morgan fingerprint density at radius 2 is 1.62 bits per heavy atom. The van der Waals surface area contributed by atoms with Crippen molar-refractivity contribution >= 4 is 17.4 Å². The summed E-state index contributed by atoms with van der Waals surface area (Å²) in [5.74, 6) is 0.702. The van der Waals surface area contributed by atoms with Crippen molar-refractivity contribution in [1.82, 2.24) is 9.97 Å². The lowest BCUT2D eigenvalue weighted by Crippen LogP contribution is -2.45. The molecular formula is C22H28N4O3. The Labute approximate surface area is 171 Å². The van der Waals surface area contributed by atoms with E-state index in [9.17, 15) is 4.79 Å². The molecule has 29 heavy (non-hydrogen) atoms. The molecule has 2 fully saturated rings. The highest BCUT2D eigenvalue weighted by Crippen LogP contribution is 2.33. The van der Waals surface area contributed by atoms with Gasteiger partial charge in [-0.25, -0.2) is 9.97 Å². The number of piperidine rings is 1.